The summed E-state index contributed by atoms with van der Waals surface area (Å²) in [6.45, 7) is 7.73. The molecule has 6 heteroatoms. The van der Waals surface area contributed by atoms with Gasteiger partial charge in [-0.15, -0.1) is 0 Å². The Labute approximate surface area is 168 Å². The van der Waals surface area contributed by atoms with E-state index in [4.69, 9.17) is 0 Å². The van der Waals surface area contributed by atoms with Crippen LogP contribution in [0.4, 0.5) is 5.69 Å². The molecule has 0 saturated heterocycles. The van der Waals surface area contributed by atoms with Gasteiger partial charge in [-0.3, -0.25) is 9.10 Å². The first-order chi connectivity index (χ1) is 13.2. The summed E-state index contributed by atoms with van der Waals surface area (Å²) >= 11 is 0. The Hall–Kier alpha value is -2.34. The van der Waals surface area contributed by atoms with Crippen LogP contribution in [0.3, 0.4) is 0 Å². The van der Waals surface area contributed by atoms with Crippen LogP contribution in [0.1, 0.15) is 49.4 Å². The third-order valence-electron chi connectivity index (χ3n) is 5.00. The van der Waals surface area contributed by atoms with Gasteiger partial charge in [-0.2, -0.15) is 0 Å². The maximum Gasteiger partial charge on any atom is 0.244 e. The van der Waals surface area contributed by atoms with Crippen molar-refractivity contribution in [2.75, 3.05) is 10.6 Å². The summed E-state index contributed by atoms with van der Waals surface area (Å²) in [6.07, 6.45) is 2.23. The zero-order valence-corrected chi connectivity index (χ0v) is 18.1. The van der Waals surface area contributed by atoms with Gasteiger partial charge in [0.15, 0.2) is 0 Å². The summed E-state index contributed by atoms with van der Waals surface area (Å²) in [7, 11) is -3.64. The van der Waals surface area contributed by atoms with Crippen LogP contribution < -0.4 is 9.62 Å². The van der Waals surface area contributed by atoms with Crippen LogP contribution in [0.15, 0.2) is 48.5 Å². The fraction of sp³-hybridized carbons (Fsp3) is 0.409. The lowest BCUT2D eigenvalue weighted by molar-refractivity contribution is -0.123. The van der Waals surface area contributed by atoms with Gasteiger partial charge in [0.05, 0.1) is 18.0 Å². The highest BCUT2D eigenvalue weighted by atomic mass is 32.2. The minimum atomic E-state index is -3.64. The first-order valence-corrected chi connectivity index (χ1v) is 11.5. The van der Waals surface area contributed by atoms with E-state index in [0.29, 0.717) is 18.5 Å². The van der Waals surface area contributed by atoms with Crippen molar-refractivity contribution in [2.24, 2.45) is 0 Å². The van der Waals surface area contributed by atoms with Crippen molar-refractivity contribution in [3.8, 4) is 0 Å². The molecule has 5 nitrogen and oxygen atoms in total. The van der Waals surface area contributed by atoms with Gasteiger partial charge < -0.3 is 5.32 Å². The predicted octanol–water partition coefficient (Wildman–Crippen LogP) is 4.12. The number of amides is 1. The number of sulfonamides is 1. The number of hydrogen-bond donors (Lipinski definition) is 1. The maximum absolute atomic E-state index is 13.1. The Morgan fingerprint density at radius 1 is 1.00 bits per heavy atom. The highest BCUT2D eigenvalue weighted by molar-refractivity contribution is 7.92. The van der Waals surface area contributed by atoms with Gasteiger partial charge in [0, 0.05) is 0 Å². The van der Waals surface area contributed by atoms with Crippen LogP contribution in [0.5, 0.6) is 0 Å². The van der Waals surface area contributed by atoms with E-state index >= 15 is 0 Å². The SMILES string of the molecule is CC[C@H](C(=O)N[C@H](CC)c1ccccc1)N(c1ccc(C)c(C)c1)S(C)(=O)=O. The van der Waals surface area contributed by atoms with Crippen molar-refractivity contribution in [2.45, 2.75) is 52.6 Å². The van der Waals surface area contributed by atoms with E-state index in [1.807, 2.05) is 70.2 Å². The van der Waals surface area contributed by atoms with Crippen molar-refractivity contribution >= 4 is 21.6 Å². The number of anilines is 1. The average Bonchev–Trinajstić information content (AvgIpc) is 2.66. The molecule has 1 amide bonds. The number of carbonyl (C=O) groups excluding carboxylic acids is 1. The van der Waals surface area contributed by atoms with E-state index in [9.17, 15) is 13.2 Å². The van der Waals surface area contributed by atoms with Gasteiger partial charge in [0.2, 0.25) is 15.9 Å². The van der Waals surface area contributed by atoms with Crippen LogP contribution in [0, 0.1) is 13.8 Å². The van der Waals surface area contributed by atoms with Crippen molar-refractivity contribution < 1.29 is 13.2 Å². The standard InChI is InChI=1S/C22H30N2O3S/c1-6-20(18-11-9-8-10-12-18)23-22(25)21(7-2)24(28(5,26)27)19-14-13-16(3)17(4)15-19/h8-15,20-21H,6-7H2,1-5H3,(H,23,25)/t20-,21-/m1/s1. The maximum atomic E-state index is 13.1. The molecule has 0 saturated carbocycles. The van der Waals surface area contributed by atoms with Crippen LogP contribution in [-0.2, 0) is 14.8 Å². The normalized spacial score (nSPS) is 13.6. The molecule has 0 unspecified atom stereocenters. The number of rotatable bonds is 8. The Morgan fingerprint density at radius 3 is 2.14 bits per heavy atom. The van der Waals surface area contributed by atoms with Gasteiger partial charge in [0.25, 0.3) is 0 Å². The molecule has 0 aliphatic heterocycles. The molecule has 2 atom stereocenters. The molecule has 0 bridgehead atoms. The fourth-order valence-electron chi connectivity index (χ4n) is 3.30. The van der Waals surface area contributed by atoms with E-state index in [-0.39, 0.29) is 11.9 Å². The first kappa shape index (κ1) is 22.0. The van der Waals surface area contributed by atoms with Gasteiger partial charge in [-0.05, 0) is 55.5 Å². The summed E-state index contributed by atoms with van der Waals surface area (Å²) < 4.78 is 26.5. The molecule has 0 aromatic heterocycles. The van der Waals surface area contributed by atoms with Crippen molar-refractivity contribution in [3.05, 3.63) is 65.2 Å². The number of nitrogens with zero attached hydrogens (tertiary/aromatic N) is 1. The number of hydrogen-bond acceptors (Lipinski definition) is 3. The second kappa shape index (κ2) is 9.24. The topological polar surface area (TPSA) is 66.5 Å². The minimum Gasteiger partial charge on any atom is -0.347 e. The van der Waals surface area contributed by atoms with Gasteiger partial charge in [0.1, 0.15) is 6.04 Å². The molecule has 28 heavy (non-hydrogen) atoms. The summed E-state index contributed by atoms with van der Waals surface area (Å²) in [5, 5.41) is 3.04. The number of carbonyl (C=O) groups is 1. The quantitative estimate of drug-likeness (QED) is 0.722. The molecule has 0 heterocycles. The predicted molar refractivity (Wildman–Crippen MR) is 115 cm³/mol. The lowest BCUT2D eigenvalue weighted by Crippen LogP contribution is -2.50. The Bertz CT molecular complexity index is 911. The molecular weight excluding hydrogens is 372 g/mol. The minimum absolute atomic E-state index is 0.163. The highest BCUT2D eigenvalue weighted by Crippen LogP contribution is 2.26. The van der Waals surface area contributed by atoms with Crippen molar-refractivity contribution in [3.63, 3.8) is 0 Å². The third kappa shape index (κ3) is 5.13. The van der Waals surface area contributed by atoms with Crippen LogP contribution in [-0.4, -0.2) is 26.6 Å². The van der Waals surface area contributed by atoms with E-state index in [2.05, 4.69) is 5.32 Å². The molecule has 0 fully saturated rings. The zero-order valence-electron chi connectivity index (χ0n) is 17.3. The number of nitrogens with one attached hydrogen (secondary N) is 1. The first-order valence-electron chi connectivity index (χ1n) is 9.61. The molecule has 2 rings (SSSR count). The summed E-state index contributed by atoms with van der Waals surface area (Å²) in [4.78, 5) is 13.1. The van der Waals surface area contributed by atoms with E-state index in [1.165, 1.54) is 4.31 Å². The molecular formula is C22H30N2O3S. The molecule has 0 aliphatic carbocycles. The van der Waals surface area contributed by atoms with Crippen molar-refractivity contribution in [1.82, 2.24) is 5.32 Å². The zero-order chi connectivity index (χ0) is 20.9. The monoisotopic (exact) mass is 402 g/mol. The van der Waals surface area contributed by atoms with Crippen LogP contribution in [0.2, 0.25) is 0 Å². The molecule has 152 valence electrons. The van der Waals surface area contributed by atoms with Gasteiger partial charge >= 0.3 is 0 Å². The van der Waals surface area contributed by atoms with E-state index in [0.717, 1.165) is 22.9 Å². The summed E-state index contributed by atoms with van der Waals surface area (Å²) in [5.41, 5.74) is 3.58. The number of aryl methyl sites for hydroxylation is 2. The summed E-state index contributed by atoms with van der Waals surface area (Å²) in [6, 6.07) is 14.2. The molecule has 2 aromatic carbocycles. The molecule has 2 aromatic rings. The molecule has 0 aliphatic rings. The molecule has 0 spiro atoms. The van der Waals surface area contributed by atoms with Gasteiger partial charge in [-0.1, -0.05) is 50.2 Å². The largest absolute Gasteiger partial charge is 0.347 e. The smallest absolute Gasteiger partial charge is 0.244 e. The third-order valence-corrected chi connectivity index (χ3v) is 6.18. The van der Waals surface area contributed by atoms with Crippen LogP contribution >= 0.6 is 0 Å². The average molecular weight is 403 g/mol. The van der Waals surface area contributed by atoms with E-state index < -0.39 is 16.1 Å². The Kier molecular flexibility index (Phi) is 7.24. The molecule has 1 N–H and O–H groups in total. The highest BCUT2D eigenvalue weighted by Gasteiger charge is 2.32. The van der Waals surface area contributed by atoms with E-state index in [1.54, 1.807) is 6.07 Å². The lowest BCUT2D eigenvalue weighted by Gasteiger charge is -2.31. The van der Waals surface area contributed by atoms with Gasteiger partial charge in [-0.25, -0.2) is 8.42 Å². The number of benzene rings is 2. The molecule has 0 radical (unpaired) electrons. The Morgan fingerprint density at radius 2 is 1.64 bits per heavy atom. The Balaban J connectivity index is 2.37. The lowest BCUT2D eigenvalue weighted by atomic mass is 10.0. The second-order valence-electron chi connectivity index (χ2n) is 7.13. The summed E-state index contributed by atoms with van der Waals surface area (Å²) in [5.74, 6) is -0.290. The van der Waals surface area contributed by atoms with Crippen LogP contribution in [0.25, 0.3) is 0 Å². The second-order valence-corrected chi connectivity index (χ2v) is 8.99. The van der Waals surface area contributed by atoms with Crippen molar-refractivity contribution in [1.29, 1.82) is 0 Å². The fourth-order valence-corrected chi connectivity index (χ4v) is 4.50.